The first-order chi connectivity index (χ1) is 33.0. The number of unbranched alkanes of at least 4 members (excludes halogenated alkanes) is 35. The summed E-state index contributed by atoms with van der Waals surface area (Å²) in [6.45, 7) is 4.89. The Bertz CT molecular complexity index is 1130. The Hall–Kier alpha value is -2.18. The fourth-order valence-corrected chi connectivity index (χ4v) is 8.80. The highest BCUT2D eigenvalue weighted by Crippen LogP contribution is 2.16. The number of allylic oxidation sites excluding steroid dienone is 8. The van der Waals surface area contributed by atoms with Gasteiger partial charge in [-0.25, -0.2) is 0 Å². The first-order valence-corrected chi connectivity index (χ1v) is 29.4. The summed E-state index contributed by atoms with van der Waals surface area (Å²) in [6, 6.07) is -0.545. The normalized spacial score (nSPS) is 13.0. The van der Waals surface area contributed by atoms with Crippen molar-refractivity contribution < 1.29 is 24.5 Å². The van der Waals surface area contributed by atoms with Gasteiger partial charge in [0, 0.05) is 12.8 Å². The largest absolute Gasteiger partial charge is 0.466 e. The fourth-order valence-electron chi connectivity index (χ4n) is 8.80. The van der Waals surface area contributed by atoms with E-state index in [1.807, 2.05) is 0 Å². The minimum absolute atomic E-state index is 0.00621. The van der Waals surface area contributed by atoms with Crippen LogP contribution in [0.15, 0.2) is 48.6 Å². The van der Waals surface area contributed by atoms with Crippen LogP contribution in [-0.2, 0) is 14.3 Å². The van der Waals surface area contributed by atoms with Gasteiger partial charge in [0.05, 0.1) is 25.4 Å². The van der Waals surface area contributed by atoms with Crippen molar-refractivity contribution in [2.75, 3.05) is 13.2 Å². The van der Waals surface area contributed by atoms with Gasteiger partial charge in [-0.2, -0.15) is 0 Å². The maximum atomic E-state index is 12.4. The highest BCUT2D eigenvalue weighted by atomic mass is 16.5. The zero-order valence-electron chi connectivity index (χ0n) is 44.6. The van der Waals surface area contributed by atoms with Crippen LogP contribution in [0.5, 0.6) is 0 Å². The van der Waals surface area contributed by atoms with Crippen LogP contribution in [0.1, 0.15) is 303 Å². The van der Waals surface area contributed by atoms with Crippen LogP contribution in [0.25, 0.3) is 0 Å². The molecule has 392 valence electrons. The van der Waals surface area contributed by atoms with Gasteiger partial charge in [-0.15, -0.1) is 0 Å². The number of carbonyl (C=O) groups excluding carboxylic acids is 2. The smallest absolute Gasteiger partial charge is 0.305 e. The number of hydrogen-bond acceptors (Lipinski definition) is 5. The van der Waals surface area contributed by atoms with Crippen LogP contribution in [0.2, 0.25) is 0 Å². The summed E-state index contributed by atoms with van der Waals surface area (Å²) in [4.78, 5) is 24.5. The van der Waals surface area contributed by atoms with E-state index >= 15 is 0 Å². The van der Waals surface area contributed by atoms with Gasteiger partial charge in [0.15, 0.2) is 0 Å². The molecule has 0 fully saturated rings. The van der Waals surface area contributed by atoms with Gasteiger partial charge in [-0.3, -0.25) is 9.59 Å². The molecule has 0 saturated heterocycles. The number of rotatable bonds is 54. The summed E-state index contributed by atoms with van der Waals surface area (Å²) in [5.41, 5.74) is 0. The summed E-state index contributed by atoms with van der Waals surface area (Å²) >= 11 is 0. The highest BCUT2D eigenvalue weighted by Gasteiger charge is 2.20. The van der Waals surface area contributed by atoms with Gasteiger partial charge in [-0.1, -0.05) is 255 Å². The quantitative estimate of drug-likeness (QED) is 0.0321. The molecule has 0 radical (unpaired) electrons. The number of aliphatic hydroxyl groups is 2. The lowest BCUT2D eigenvalue weighted by Crippen LogP contribution is -2.45. The average Bonchev–Trinajstić information content (AvgIpc) is 3.33. The minimum atomic E-state index is -0.667. The lowest BCUT2D eigenvalue weighted by atomic mass is 10.0. The molecule has 0 aliphatic carbocycles. The Kier molecular flexibility index (Phi) is 54.6. The first-order valence-electron chi connectivity index (χ1n) is 29.4. The molecule has 0 saturated carbocycles. The standard InChI is InChI=1S/C61H113NO5/c1-3-5-7-9-11-13-15-16-31-35-39-43-47-51-55-61(66)67-56-52-48-44-40-36-32-29-27-25-23-21-19-17-18-20-22-24-26-28-30-34-38-42-46-50-54-60(65)62-58(57-63)59(64)53-49-45-41-37-33-14-12-10-8-6-4-2/h9,11,15-16,18-21,58-59,63-64H,3-8,10,12-14,17,22-57H2,1-2H3,(H,62,65)/b11-9-,16-15-,20-18-,21-19-. The molecule has 67 heavy (non-hydrogen) atoms. The minimum Gasteiger partial charge on any atom is -0.466 e. The molecule has 0 aliphatic rings. The van der Waals surface area contributed by atoms with Crippen LogP contribution in [0, 0.1) is 0 Å². The molecular formula is C61H113NO5. The van der Waals surface area contributed by atoms with E-state index in [1.165, 1.54) is 212 Å². The Labute approximate surface area is 416 Å². The molecule has 2 atom stereocenters. The number of carbonyl (C=O) groups is 2. The van der Waals surface area contributed by atoms with E-state index in [2.05, 4.69) is 67.8 Å². The van der Waals surface area contributed by atoms with E-state index in [0.717, 1.165) is 57.8 Å². The van der Waals surface area contributed by atoms with Gasteiger partial charge in [0.2, 0.25) is 5.91 Å². The third-order valence-corrected chi connectivity index (χ3v) is 13.4. The van der Waals surface area contributed by atoms with E-state index < -0.39 is 12.1 Å². The molecule has 0 aromatic heterocycles. The zero-order valence-corrected chi connectivity index (χ0v) is 44.6. The molecule has 6 heteroatoms. The molecule has 0 aromatic carbocycles. The van der Waals surface area contributed by atoms with Crippen molar-refractivity contribution in [3.05, 3.63) is 48.6 Å². The van der Waals surface area contributed by atoms with Crippen LogP contribution >= 0.6 is 0 Å². The highest BCUT2D eigenvalue weighted by molar-refractivity contribution is 5.76. The van der Waals surface area contributed by atoms with Crippen molar-refractivity contribution in [1.29, 1.82) is 0 Å². The molecule has 0 bridgehead atoms. The SMILES string of the molecule is CCCC/C=C\C/C=C\CCCCCCCC(=O)OCCCCCCCCCCC/C=C\C/C=C\CCCCCCCCCCCC(=O)NC(CO)C(O)CCCCCCCCCCCCC. The maximum absolute atomic E-state index is 12.4. The fraction of sp³-hybridized carbons (Fsp3) is 0.836. The Morgan fingerprint density at radius 1 is 0.418 bits per heavy atom. The second-order valence-corrected chi connectivity index (χ2v) is 20.0. The number of amides is 1. The van der Waals surface area contributed by atoms with E-state index in [-0.39, 0.29) is 18.5 Å². The Balaban J connectivity index is 3.43. The second kappa shape index (κ2) is 56.4. The number of esters is 1. The van der Waals surface area contributed by atoms with Gasteiger partial charge < -0.3 is 20.3 Å². The van der Waals surface area contributed by atoms with Gasteiger partial charge in [-0.05, 0) is 83.5 Å². The van der Waals surface area contributed by atoms with Crippen LogP contribution in [-0.4, -0.2) is 47.4 Å². The molecule has 0 rings (SSSR count). The number of aliphatic hydroxyl groups excluding tert-OH is 2. The molecule has 2 unspecified atom stereocenters. The summed E-state index contributed by atoms with van der Waals surface area (Å²) in [5, 5.41) is 23.2. The predicted molar refractivity (Wildman–Crippen MR) is 292 cm³/mol. The number of hydrogen-bond donors (Lipinski definition) is 3. The third-order valence-electron chi connectivity index (χ3n) is 13.4. The van der Waals surface area contributed by atoms with Gasteiger partial charge in [0.25, 0.3) is 0 Å². The van der Waals surface area contributed by atoms with E-state index in [1.54, 1.807) is 0 Å². The summed E-state index contributed by atoms with van der Waals surface area (Å²) in [7, 11) is 0. The molecule has 1 amide bonds. The molecule has 0 aromatic rings. The van der Waals surface area contributed by atoms with Crippen molar-refractivity contribution in [3.8, 4) is 0 Å². The van der Waals surface area contributed by atoms with Crippen molar-refractivity contribution >= 4 is 11.9 Å². The summed E-state index contributed by atoms with van der Waals surface area (Å²) in [6.07, 6.45) is 71.1. The van der Waals surface area contributed by atoms with Gasteiger partial charge in [0.1, 0.15) is 0 Å². The Morgan fingerprint density at radius 2 is 0.761 bits per heavy atom. The molecule has 3 N–H and O–H groups in total. The topological polar surface area (TPSA) is 95.9 Å². The first kappa shape index (κ1) is 64.8. The second-order valence-electron chi connectivity index (χ2n) is 20.0. The van der Waals surface area contributed by atoms with Crippen LogP contribution in [0.4, 0.5) is 0 Å². The van der Waals surface area contributed by atoms with Gasteiger partial charge >= 0.3 is 5.97 Å². The molecular weight excluding hydrogens is 827 g/mol. The monoisotopic (exact) mass is 940 g/mol. The number of ether oxygens (including phenoxy) is 1. The lowest BCUT2D eigenvalue weighted by molar-refractivity contribution is -0.143. The number of nitrogens with one attached hydrogen (secondary N) is 1. The maximum Gasteiger partial charge on any atom is 0.305 e. The zero-order chi connectivity index (χ0) is 48.6. The molecule has 0 heterocycles. The van der Waals surface area contributed by atoms with Crippen molar-refractivity contribution in [3.63, 3.8) is 0 Å². The third kappa shape index (κ3) is 53.0. The van der Waals surface area contributed by atoms with Crippen molar-refractivity contribution in [1.82, 2.24) is 5.32 Å². The molecule has 0 aliphatic heterocycles. The summed E-state index contributed by atoms with van der Waals surface area (Å²) < 4.78 is 5.46. The average molecular weight is 941 g/mol. The van der Waals surface area contributed by atoms with E-state index in [9.17, 15) is 19.8 Å². The lowest BCUT2D eigenvalue weighted by Gasteiger charge is -2.22. The van der Waals surface area contributed by atoms with E-state index in [4.69, 9.17) is 4.74 Å². The van der Waals surface area contributed by atoms with Crippen LogP contribution in [0.3, 0.4) is 0 Å². The van der Waals surface area contributed by atoms with Crippen LogP contribution < -0.4 is 5.32 Å². The van der Waals surface area contributed by atoms with Crippen molar-refractivity contribution in [2.24, 2.45) is 0 Å². The Morgan fingerprint density at radius 3 is 1.18 bits per heavy atom. The predicted octanol–water partition coefficient (Wildman–Crippen LogP) is 18.2. The van der Waals surface area contributed by atoms with E-state index in [0.29, 0.717) is 25.9 Å². The summed E-state index contributed by atoms with van der Waals surface area (Å²) in [5.74, 6) is -0.0489. The van der Waals surface area contributed by atoms with Crippen molar-refractivity contribution in [2.45, 2.75) is 315 Å². The molecule has 0 spiro atoms. The molecule has 6 nitrogen and oxygen atoms in total.